The Morgan fingerprint density at radius 3 is 2.40 bits per heavy atom. The molecule has 20 heavy (non-hydrogen) atoms. The molecule has 0 amide bonds. The highest BCUT2D eigenvalue weighted by atomic mass is 19.4. The van der Waals surface area contributed by atoms with Gasteiger partial charge in [-0.15, -0.1) is 13.2 Å². The fourth-order valence-electron chi connectivity index (χ4n) is 2.41. The topological polar surface area (TPSA) is 49.8 Å². The molecule has 0 bridgehead atoms. The van der Waals surface area contributed by atoms with Crippen LogP contribution in [0.1, 0.15) is 24.4 Å². The summed E-state index contributed by atoms with van der Waals surface area (Å²) in [6.07, 6.45) is -3.16. The Hall–Kier alpha value is -1.76. The summed E-state index contributed by atoms with van der Waals surface area (Å²) >= 11 is 0. The average molecular weight is 289 g/mol. The predicted octanol–water partition coefficient (Wildman–Crippen LogP) is 2.81. The standard InChI is InChI=1S/C13H14F3NO3/c14-13(15,16)20-10-6-2-1-5-9(10)11(12(18)19)17-7-3-4-8-17/h1-2,5-6,11H,3-4,7-8H2,(H,18,19). The summed E-state index contributed by atoms with van der Waals surface area (Å²) in [5.41, 5.74) is 0.0271. The number of alkyl halides is 3. The molecular formula is C13H14F3NO3. The second-order valence-corrected chi connectivity index (χ2v) is 4.57. The first-order valence-electron chi connectivity index (χ1n) is 6.20. The summed E-state index contributed by atoms with van der Waals surface area (Å²) in [7, 11) is 0. The minimum atomic E-state index is -4.84. The van der Waals surface area contributed by atoms with Crippen LogP contribution in [0.25, 0.3) is 0 Å². The number of carboxylic acids is 1. The summed E-state index contributed by atoms with van der Waals surface area (Å²) in [5.74, 6) is -1.63. The van der Waals surface area contributed by atoms with E-state index in [-0.39, 0.29) is 5.56 Å². The van der Waals surface area contributed by atoms with Crippen molar-refractivity contribution in [2.24, 2.45) is 0 Å². The number of rotatable bonds is 4. The van der Waals surface area contributed by atoms with Crippen molar-refractivity contribution in [3.8, 4) is 5.75 Å². The number of ether oxygens (including phenoxy) is 1. The van der Waals surface area contributed by atoms with Gasteiger partial charge in [0.15, 0.2) is 0 Å². The zero-order chi connectivity index (χ0) is 14.8. The Kier molecular flexibility index (Phi) is 4.17. The lowest BCUT2D eigenvalue weighted by atomic mass is 10.0. The van der Waals surface area contributed by atoms with E-state index in [0.29, 0.717) is 13.1 Å². The van der Waals surface area contributed by atoms with Gasteiger partial charge in [-0.05, 0) is 32.0 Å². The lowest BCUT2D eigenvalue weighted by Crippen LogP contribution is -2.32. The van der Waals surface area contributed by atoms with Crippen molar-refractivity contribution in [2.75, 3.05) is 13.1 Å². The highest BCUT2D eigenvalue weighted by Gasteiger charge is 2.36. The van der Waals surface area contributed by atoms with Crippen molar-refractivity contribution in [1.29, 1.82) is 0 Å². The molecule has 2 rings (SSSR count). The maximum atomic E-state index is 12.4. The number of carboxylic acid groups (broad SMARTS) is 1. The van der Waals surface area contributed by atoms with Crippen LogP contribution in [-0.4, -0.2) is 35.4 Å². The Balaban J connectivity index is 2.35. The monoisotopic (exact) mass is 289 g/mol. The van der Waals surface area contributed by atoms with E-state index < -0.39 is 24.1 Å². The molecule has 1 aromatic rings. The van der Waals surface area contributed by atoms with Crippen LogP contribution in [0.5, 0.6) is 5.75 Å². The lowest BCUT2D eigenvalue weighted by Gasteiger charge is -2.25. The number of aliphatic carboxylic acids is 1. The van der Waals surface area contributed by atoms with Crippen molar-refractivity contribution in [1.82, 2.24) is 4.90 Å². The van der Waals surface area contributed by atoms with Crippen LogP contribution < -0.4 is 4.74 Å². The summed E-state index contributed by atoms with van der Waals surface area (Å²) in [6.45, 7) is 1.11. The summed E-state index contributed by atoms with van der Waals surface area (Å²) in [6, 6.07) is 4.27. The Morgan fingerprint density at radius 2 is 1.85 bits per heavy atom. The second kappa shape index (κ2) is 5.70. The van der Waals surface area contributed by atoms with E-state index in [2.05, 4.69) is 4.74 Å². The quantitative estimate of drug-likeness (QED) is 0.926. The number of hydrogen-bond acceptors (Lipinski definition) is 3. The van der Waals surface area contributed by atoms with Crippen LogP contribution in [0, 0.1) is 0 Å². The fraction of sp³-hybridized carbons (Fsp3) is 0.462. The molecule has 1 aliphatic heterocycles. The largest absolute Gasteiger partial charge is 0.573 e. The van der Waals surface area contributed by atoms with Gasteiger partial charge in [0.2, 0.25) is 0 Å². The van der Waals surface area contributed by atoms with E-state index in [4.69, 9.17) is 0 Å². The summed E-state index contributed by atoms with van der Waals surface area (Å²) in [4.78, 5) is 13.1. The minimum Gasteiger partial charge on any atom is -0.480 e. The number of benzene rings is 1. The van der Waals surface area contributed by atoms with E-state index in [1.807, 2.05) is 0 Å². The third kappa shape index (κ3) is 3.41. The van der Waals surface area contributed by atoms with Gasteiger partial charge >= 0.3 is 12.3 Å². The van der Waals surface area contributed by atoms with Gasteiger partial charge in [0, 0.05) is 5.56 Å². The van der Waals surface area contributed by atoms with Gasteiger partial charge in [0.1, 0.15) is 11.8 Å². The minimum absolute atomic E-state index is 0.0271. The Morgan fingerprint density at radius 1 is 1.25 bits per heavy atom. The first-order chi connectivity index (χ1) is 9.38. The van der Waals surface area contributed by atoms with Gasteiger partial charge in [-0.2, -0.15) is 0 Å². The molecular weight excluding hydrogens is 275 g/mol. The number of para-hydroxylation sites is 1. The van der Waals surface area contributed by atoms with Crippen molar-refractivity contribution < 1.29 is 27.8 Å². The van der Waals surface area contributed by atoms with Crippen LogP contribution in [0.4, 0.5) is 13.2 Å². The molecule has 1 fully saturated rings. The maximum absolute atomic E-state index is 12.4. The fourth-order valence-corrected chi connectivity index (χ4v) is 2.41. The second-order valence-electron chi connectivity index (χ2n) is 4.57. The molecule has 0 saturated carbocycles. The number of likely N-dealkylation sites (tertiary alicyclic amines) is 1. The van der Waals surface area contributed by atoms with Gasteiger partial charge in [-0.1, -0.05) is 18.2 Å². The molecule has 1 saturated heterocycles. The Labute approximate surface area is 113 Å². The van der Waals surface area contributed by atoms with Crippen LogP contribution in [-0.2, 0) is 4.79 Å². The zero-order valence-electron chi connectivity index (χ0n) is 10.6. The van der Waals surface area contributed by atoms with Crippen molar-refractivity contribution in [3.05, 3.63) is 29.8 Å². The predicted molar refractivity (Wildman–Crippen MR) is 64.3 cm³/mol. The molecule has 0 aromatic heterocycles. The molecule has 1 atom stereocenters. The van der Waals surface area contributed by atoms with E-state index in [9.17, 15) is 23.1 Å². The van der Waals surface area contributed by atoms with E-state index in [1.165, 1.54) is 18.2 Å². The SMILES string of the molecule is O=C(O)C(c1ccccc1OC(F)(F)F)N1CCCC1. The van der Waals surface area contributed by atoms with E-state index >= 15 is 0 Å². The molecule has 0 spiro atoms. The first-order valence-corrected chi connectivity index (χ1v) is 6.20. The number of nitrogens with zero attached hydrogens (tertiary/aromatic N) is 1. The first kappa shape index (κ1) is 14.6. The summed E-state index contributed by atoms with van der Waals surface area (Å²) < 4.78 is 41.1. The smallest absolute Gasteiger partial charge is 0.480 e. The molecule has 1 aromatic carbocycles. The highest BCUT2D eigenvalue weighted by Crippen LogP contribution is 2.34. The Bertz CT molecular complexity index is 484. The molecule has 0 radical (unpaired) electrons. The van der Waals surface area contributed by atoms with Crippen molar-refractivity contribution in [2.45, 2.75) is 25.2 Å². The van der Waals surface area contributed by atoms with Gasteiger partial charge in [-0.3, -0.25) is 9.69 Å². The average Bonchev–Trinajstić information content (AvgIpc) is 2.83. The van der Waals surface area contributed by atoms with Crippen LogP contribution >= 0.6 is 0 Å². The van der Waals surface area contributed by atoms with Gasteiger partial charge in [0.25, 0.3) is 0 Å². The van der Waals surface area contributed by atoms with Crippen molar-refractivity contribution in [3.63, 3.8) is 0 Å². The third-order valence-electron chi connectivity index (χ3n) is 3.18. The van der Waals surface area contributed by atoms with E-state index in [0.717, 1.165) is 18.9 Å². The van der Waals surface area contributed by atoms with Crippen LogP contribution in [0.15, 0.2) is 24.3 Å². The van der Waals surface area contributed by atoms with Crippen molar-refractivity contribution >= 4 is 5.97 Å². The number of hydrogen-bond donors (Lipinski definition) is 1. The zero-order valence-corrected chi connectivity index (χ0v) is 10.6. The lowest BCUT2D eigenvalue weighted by molar-refractivity contribution is -0.275. The van der Waals surface area contributed by atoms with Crippen LogP contribution in [0.3, 0.4) is 0 Å². The van der Waals surface area contributed by atoms with Crippen LogP contribution in [0.2, 0.25) is 0 Å². The molecule has 1 heterocycles. The summed E-state index contributed by atoms with van der Waals surface area (Å²) in [5, 5.41) is 9.33. The van der Waals surface area contributed by atoms with Gasteiger partial charge in [-0.25, -0.2) is 0 Å². The molecule has 1 N–H and O–H groups in total. The normalized spacial score (nSPS) is 17.9. The molecule has 0 aliphatic carbocycles. The van der Waals surface area contributed by atoms with Gasteiger partial charge in [0.05, 0.1) is 0 Å². The van der Waals surface area contributed by atoms with E-state index in [1.54, 1.807) is 4.90 Å². The molecule has 110 valence electrons. The molecule has 7 heteroatoms. The molecule has 4 nitrogen and oxygen atoms in total. The third-order valence-corrected chi connectivity index (χ3v) is 3.18. The number of carbonyl (C=O) groups is 1. The number of halogens is 3. The highest BCUT2D eigenvalue weighted by molar-refractivity contribution is 5.76. The molecule has 1 unspecified atom stereocenters. The maximum Gasteiger partial charge on any atom is 0.573 e. The van der Waals surface area contributed by atoms with Gasteiger partial charge < -0.3 is 9.84 Å². The molecule has 1 aliphatic rings.